The highest BCUT2D eigenvalue weighted by atomic mass is 16.2. The van der Waals surface area contributed by atoms with Gasteiger partial charge in [0.05, 0.1) is 0 Å². The van der Waals surface area contributed by atoms with Crippen LogP contribution in [0.5, 0.6) is 0 Å². The van der Waals surface area contributed by atoms with E-state index in [4.69, 9.17) is 0 Å². The van der Waals surface area contributed by atoms with Gasteiger partial charge in [-0.05, 0) is 79.1 Å². The number of urea groups is 2. The summed E-state index contributed by atoms with van der Waals surface area (Å²) in [6.07, 6.45) is 11.0. The van der Waals surface area contributed by atoms with Crippen molar-refractivity contribution < 1.29 is 9.59 Å². The molecule has 6 nitrogen and oxygen atoms in total. The van der Waals surface area contributed by atoms with Crippen molar-refractivity contribution in [3.8, 4) is 0 Å². The van der Waals surface area contributed by atoms with Crippen LogP contribution in [0.25, 0.3) is 0 Å². The number of piperidine rings is 2. The van der Waals surface area contributed by atoms with Crippen LogP contribution >= 0.6 is 0 Å². The molecule has 2 rings (SSSR count). The van der Waals surface area contributed by atoms with Gasteiger partial charge in [0.2, 0.25) is 0 Å². The average molecular weight is 395 g/mol. The fraction of sp³-hybridized carbons (Fsp3) is 0.909. The molecule has 162 valence electrons. The molecule has 2 heterocycles. The molecule has 0 spiro atoms. The minimum atomic E-state index is 0.0942. The number of carbonyl (C=O) groups excluding carboxylic acids is 2. The smallest absolute Gasteiger partial charge is 0.317 e. The van der Waals surface area contributed by atoms with E-state index in [0.29, 0.717) is 24.2 Å². The number of unbranched alkanes of at least 4 members (excludes halogenated alkanes) is 3. The summed E-state index contributed by atoms with van der Waals surface area (Å²) in [5.41, 5.74) is 0. The fourth-order valence-electron chi connectivity index (χ4n) is 4.82. The Balaban J connectivity index is 1.51. The second-order valence-corrected chi connectivity index (χ2v) is 8.95. The molecule has 0 aromatic carbocycles. The summed E-state index contributed by atoms with van der Waals surface area (Å²) in [4.78, 5) is 28.8. The number of nitrogens with zero attached hydrogens (tertiary/aromatic N) is 2. The van der Waals surface area contributed by atoms with Gasteiger partial charge < -0.3 is 20.4 Å². The monoisotopic (exact) mass is 394 g/mol. The van der Waals surface area contributed by atoms with Gasteiger partial charge in [-0.1, -0.05) is 12.8 Å². The van der Waals surface area contributed by atoms with Crippen LogP contribution in [0.3, 0.4) is 0 Å². The normalized spacial score (nSPS) is 28.1. The Labute approximate surface area is 171 Å². The van der Waals surface area contributed by atoms with Gasteiger partial charge in [0, 0.05) is 37.3 Å². The molecule has 0 saturated carbocycles. The van der Waals surface area contributed by atoms with Gasteiger partial charge in [0.1, 0.15) is 0 Å². The Morgan fingerprint density at radius 3 is 1.29 bits per heavy atom. The molecular weight excluding hydrogens is 352 g/mol. The van der Waals surface area contributed by atoms with Crippen molar-refractivity contribution in [1.82, 2.24) is 20.4 Å². The number of hydrogen-bond acceptors (Lipinski definition) is 2. The van der Waals surface area contributed by atoms with E-state index in [1.54, 1.807) is 0 Å². The molecule has 2 aliphatic heterocycles. The molecule has 2 aliphatic rings. The zero-order valence-corrected chi connectivity index (χ0v) is 18.5. The Bertz CT molecular complexity index is 435. The van der Waals surface area contributed by atoms with E-state index < -0.39 is 0 Å². The van der Waals surface area contributed by atoms with E-state index in [2.05, 4.69) is 38.3 Å². The molecule has 2 fully saturated rings. The summed E-state index contributed by atoms with van der Waals surface area (Å²) in [6, 6.07) is 1.57. The molecule has 4 amide bonds. The summed E-state index contributed by atoms with van der Waals surface area (Å²) in [5.74, 6) is 0. The van der Waals surface area contributed by atoms with Crippen LogP contribution in [0.15, 0.2) is 0 Å². The van der Waals surface area contributed by atoms with Crippen LogP contribution in [-0.4, -0.2) is 59.1 Å². The average Bonchev–Trinajstić information content (AvgIpc) is 2.63. The molecule has 0 aromatic heterocycles. The maximum atomic E-state index is 12.4. The summed E-state index contributed by atoms with van der Waals surface area (Å²) in [5, 5.41) is 6.17. The first-order chi connectivity index (χ1) is 13.4. The highest BCUT2D eigenvalue weighted by Crippen LogP contribution is 2.23. The minimum absolute atomic E-state index is 0.0942. The van der Waals surface area contributed by atoms with Crippen LogP contribution < -0.4 is 10.6 Å². The number of hydrogen-bond donors (Lipinski definition) is 2. The first-order valence-corrected chi connectivity index (χ1v) is 11.5. The Morgan fingerprint density at radius 1 is 0.643 bits per heavy atom. The van der Waals surface area contributed by atoms with Crippen LogP contribution in [0.2, 0.25) is 0 Å². The fourth-order valence-corrected chi connectivity index (χ4v) is 4.82. The third-order valence-corrected chi connectivity index (χ3v) is 6.51. The zero-order chi connectivity index (χ0) is 20.5. The van der Waals surface area contributed by atoms with Crippen LogP contribution in [-0.2, 0) is 0 Å². The number of carbonyl (C=O) groups is 2. The van der Waals surface area contributed by atoms with Crippen LogP contribution in [0.4, 0.5) is 9.59 Å². The molecular formula is C22H42N4O2. The van der Waals surface area contributed by atoms with Crippen molar-refractivity contribution in [2.45, 2.75) is 116 Å². The molecule has 0 radical (unpaired) electrons. The zero-order valence-electron chi connectivity index (χ0n) is 18.5. The van der Waals surface area contributed by atoms with Gasteiger partial charge in [-0.2, -0.15) is 0 Å². The third kappa shape index (κ3) is 6.56. The van der Waals surface area contributed by atoms with Crippen molar-refractivity contribution in [3.05, 3.63) is 0 Å². The van der Waals surface area contributed by atoms with E-state index >= 15 is 0 Å². The molecule has 2 N–H and O–H groups in total. The van der Waals surface area contributed by atoms with Gasteiger partial charge in [0.15, 0.2) is 0 Å². The third-order valence-electron chi connectivity index (χ3n) is 6.51. The van der Waals surface area contributed by atoms with Gasteiger partial charge in [-0.25, -0.2) is 9.59 Å². The molecule has 0 aliphatic carbocycles. The lowest BCUT2D eigenvalue weighted by atomic mass is 9.98. The molecule has 6 heteroatoms. The summed E-state index contributed by atoms with van der Waals surface area (Å²) in [6.45, 7) is 10.1. The topological polar surface area (TPSA) is 64.7 Å². The summed E-state index contributed by atoms with van der Waals surface area (Å²) < 4.78 is 0. The Morgan fingerprint density at radius 2 is 0.964 bits per heavy atom. The summed E-state index contributed by atoms with van der Waals surface area (Å²) in [7, 11) is 0. The molecule has 28 heavy (non-hydrogen) atoms. The highest BCUT2D eigenvalue weighted by molar-refractivity contribution is 5.75. The lowest BCUT2D eigenvalue weighted by Crippen LogP contribution is -2.52. The van der Waals surface area contributed by atoms with Crippen LogP contribution in [0.1, 0.15) is 91.9 Å². The predicted octanol–water partition coefficient (Wildman–Crippen LogP) is 4.49. The van der Waals surface area contributed by atoms with Crippen molar-refractivity contribution in [2.24, 2.45) is 0 Å². The number of amides is 4. The van der Waals surface area contributed by atoms with Gasteiger partial charge in [-0.15, -0.1) is 0 Å². The van der Waals surface area contributed by atoms with Gasteiger partial charge >= 0.3 is 12.1 Å². The number of likely N-dealkylation sites (tertiary alicyclic amines) is 2. The molecule has 4 atom stereocenters. The van der Waals surface area contributed by atoms with Crippen molar-refractivity contribution in [3.63, 3.8) is 0 Å². The predicted molar refractivity (Wildman–Crippen MR) is 114 cm³/mol. The van der Waals surface area contributed by atoms with Gasteiger partial charge in [0.25, 0.3) is 0 Å². The first kappa shape index (κ1) is 22.8. The van der Waals surface area contributed by atoms with Gasteiger partial charge in [-0.3, -0.25) is 0 Å². The molecule has 0 bridgehead atoms. The maximum Gasteiger partial charge on any atom is 0.317 e. The van der Waals surface area contributed by atoms with Crippen LogP contribution in [0, 0.1) is 0 Å². The lowest BCUT2D eigenvalue weighted by Gasteiger charge is -2.39. The minimum Gasteiger partial charge on any atom is -0.338 e. The summed E-state index contributed by atoms with van der Waals surface area (Å²) >= 11 is 0. The van der Waals surface area contributed by atoms with E-state index in [9.17, 15) is 9.59 Å². The largest absolute Gasteiger partial charge is 0.338 e. The quantitative estimate of drug-likeness (QED) is 0.625. The van der Waals surface area contributed by atoms with Crippen molar-refractivity contribution in [2.75, 3.05) is 13.1 Å². The SMILES string of the molecule is C[C@@H]1CCC[C@H](C)N1C(=O)NCCCCCCNC(=O)N1[C@H](C)CCC[C@@H]1C. The van der Waals surface area contributed by atoms with E-state index in [1.807, 2.05) is 9.80 Å². The second-order valence-electron chi connectivity index (χ2n) is 8.95. The maximum absolute atomic E-state index is 12.4. The Kier molecular flexibility index (Phi) is 9.39. The number of rotatable bonds is 7. The Hall–Kier alpha value is -1.46. The van der Waals surface area contributed by atoms with E-state index in [0.717, 1.165) is 64.5 Å². The molecule has 2 saturated heterocycles. The standard InChI is InChI=1S/C22H42N4O2/c1-17-11-9-12-18(2)25(17)21(27)23-15-7-5-6-8-16-24-22(28)26-19(3)13-10-14-20(26)4/h17-20H,5-16H2,1-4H3,(H,23,27)(H,24,28)/t17-,18+,19-,20+. The molecule has 0 unspecified atom stereocenters. The van der Waals surface area contributed by atoms with Crippen molar-refractivity contribution in [1.29, 1.82) is 0 Å². The first-order valence-electron chi connectivity index (χ1n) is 11.5. The van der Waals surface area contributed by atoms with Crippen molar-refractivity contribution >= 4 is 12.1 Å². The number of nitrogens with one attached hydrogen (secondary N) is 2. The van der Waals surface area contributed by atoms with E-state index in [1.165, 1.54) is 12.8 Å². The second kappa shape index (κ2) is 11.5. The lowest BCUT2D eigenvalue weighted by molar-refractivity contribution is 0.122. The highest BCUT2D eigenvalue weighted by Gasteiger charge is 2.29. The molecule has 0 aromatic rings. The van der Waals surface area contributed by atoms with E-state index in [-0.39, 0.29) is 12.1 Å².